The molecule has 2 aromatic rings. The molecule has 1 fully saturated rings. The molecule has 1 heterocycles. The van der Waals surface area contributed by atoms with E-state index in [1.54, 1.807) is 24.3 Å². The zero-order valence-electron chi connectivity index (χ0n) is 16.1. The Balaban J connectivity index is 1.60. The van der Waals surface area contributed by atoms with E-state index in [0.29, 0.717) is 43.5 Å². The molecule has 3 rings (SSSR count). The van der Waals surface area contributed by atoms with E-state index in [1.807, 2.05) is 12.1 Å². The molecule has 0 N–H and O–H groups in total. The second kappa shape index (κ2) is 8.86. The Morgan fingerprint density at radius 2 is 1.64 bits per heavy atom. The molecule has 150 valence electrons. The summed E-state index contributed by atoms with van der Waals surface area (Å²) in [5.41, 5.74) is 1.77. The number of sulfonamides is 1. The molecule has 0 saturated carbocycles. The van der Waals surface area contributed by atoms with Crippen molar-refractivity contribution in [2.75, 3.05) is 32.9 Å². The summed E-state index contributed by atoms with van der Waals surface area (Å²) in [7, 11) is -3.53. The van der Waals surface area contributed by atoms with Crippen LogP contribution >= 0.6 is 0 Å². The number of ketones is 1. The van der Waals surface area contributed by atoms with Gasteiger partial charge in [0.25, 0.3) is 0 Å². The number of hydrogen-bond donors (Lipinski definition) is 0. The van der Waals surface area contributed by atoms with Crippen LogP contribution in [-0.4, -0.2) is 51.4 Å². The molecule has 2 aromatic carbocycles. The second-order valence-electron chi connectivity index (χ2n) is 6.98. The Bertz CT molecular complexity index is 899. The Morgan fingerprint density at radius 3 is 2.21 bits per heavy atom. The van der Waals surface area contributed by atoms with Crippen LogP contribution < -0.4 is 4.74 Å². The fourth-order valence-corrected chi connectivity index (χ4v) is 4.34. The molecule has 28 heavy (non-hydrogen) atoms. The third kappa shape index (κ3) is 4.79. The number of carbonyl (C=O) groups is 1. The quantitative estimate of drug-likeness (QED) is 0.664. The van der Waals surface area contributed by atoms with Crippen LogP contribution in [-0.2, 0) is 14.8 Å². The van der Waals surface area contributed by atoms with E-state index in [-0.39, 0.29) is 17.3 Å². The Labute approximate surface area is 166 Å². The van der Waals surface area contributed by atoms with Crippen LogP contribution in [0, 0.1) is 0 Å². The van der Waals surface area contributed by atoms with Gasteiger partial charge in [0.1, 0.15) is 5.75 Å². The molecule has 1 saturated heterocycles. The van der Waals surface area contributed by atoms with Gasteiger partial charge in [0.15, 0.2) is 12.4 Å². The average Bonchev–Trinajstić information content (AvgIpc) is 2.73. The molecule has 0 bridgehead atoms. The lowest BCUT2D eigenvalue weighted by molar-refractivity contribution is 0.0730. The minimum atomic E-state index is -3.53. The number of morpholine rings is 1. The van der Waals surface area contributed by atoms with Gasteiger partial charge in [0.05, 0.1) is 18.1 Å². The van der Waals surface area contributed by atoms with E-state index in [4.69, 9.17) is 9.47 Å². The monoisotopic (exact) mass is 403 g/mol. The number of rotatable bonds is 7. The molecule has 0 aromatic heterocycles. The Morgan fingerprint density at radius 1 is 1.04 bits per heavy atom. The molecule has 0 unspecified atom stereocenters. The van der Waals surface area contributed by atoms with E-state index in [9.17, 15) is 13.2 Å². The van der Waals surface area contributed by atoms with Gasteiger partial charge in [-0.05, 0) is 35.7 Å². The molecule has 7 heteroatoms. The van der Waals surface area contributed by atoms with Crippen molar-refractivity contribution in [3.8, 4) is 5.75 Å². The highest BCUT2D eigenvalue weighted by Gasteiger charge is 2.26. The molecule has 0 amide bonds. The molecule has 0 aliphatic carbocycles. The van der Waals surface area contributed by atoms with E-state index in [1.165, 1.54) is 22.0 Å². The van der Waals surface area contributed by atoms with Gasteiger partial charge in [-0.15, -0.1) is 0 Å². The van der Waals surface area contributed by atoms with Crippen molar-refractivity contribution >= 4 is 15.8 Å². The number of ether oxygens (including phenoxy) is 2. The summed E-state index contributed by atoms with van der Waals surface area (Å²) < 4.78 is 37.3. The van der Waals surface area contributed by atoms with E-state index < -0.39 is 10.0 Å². The standard InChI is InChI=1S/C21H25NO5S/c1-16(2)17-3-5-18(6-4-17)21(23)15-27-19-7-9-20(10-8-19)28(24,25)22-11-13-26-14-12-22/h3-10,16H,11-15H2,1-2H3. The van der Waals surface area contributed by atoms with Crippen molar-refractivity contribution in [2.24, 2.45) is 0 Å². The molecule has 0 radical (unpaired) electrons. The predicted octanol–water partition coefficient (Wildman–Crippen LogP) is 3.09. The first kappa shape index (κ1) is 20.5. The average molecular weight is 404 g/mol. The van der Waals surface area contributed by atoms with Crippen molar-refractivity contribution in [2.45, 2.75) is 24.7 Å². The topological polar surface area (TPSA) is 72.9 Å². The van der Waals surface area contributed by atoms with Gasteiger partial charge >= 0.3 is 0 Å². The summed E-state index contributed by atoms with van der Waals surface area (Å²) in [6.07, 6.45) is 0. The van der Waals surface area contributed by atoms with Gasteiger partial charge in [-0.25, -0.2) is 8.42 Å². The largest absolute Gasteiger partial charge is 0.485 e. The van der Waals surface area contributed by atoms with Gasteiger partial charge in [-0.2, -0.15) is 4.31 Å². The van der Waals surface area contributed by atoms with Crippen LogP contribution in [0.1, 0.15) is 35.7 Å². The summed E-state index contributed by atoms with van der Waals surface area (Å²) >= 11 is 0. The third-order valence-corrected chi connectivity index (χ3v) is 6.61. The molecular weight excluding hydrogens is 378 g/mol. The van der Waals surface area contributed by atoms with E-state index >= 15 is 0 Å². The smallest absolute Gasteiger partial charge is 0.243 e. The fraction of sp³-hybridized carbons (Fsp3) is 0.381. The van der Waals surface area contributed by atoms with Crippen molar-refractivity contribution in [3.05, 3.63) is 59.7 Å². The summed E-state index contributed by atoms with van der Waals surface area (Å²) in [4.78, 5) is 12.5. The number of benzene rings is 2. The Kier molecular flexibility index (Phi) is 6.49. The van der Waals surface area contributed by atoms with Crippen LogP contribution in [0.4, 0.5) is 0 Å². The zero-order chi connectivity index (χ0) is 20.1. The van der Waals surface area contributed by atoms with Gasteiger partial charge in [-0.1, -0.05) is 38.1 Å². The molecule has 6 nitrogen and oxygen atoms in total. The van der Waals surface area contributed by atoms with Crippen LogP contribution in [0.15, 0.2) is 53.4 Å². The maximum absolute atomic E-state index is 12.6. The first-order valence-electron chi connectivity index (χ1n) is 9.32. The van der Waals surface area contributed by atoms with Crippen LogP contribution in [0.25, 0.3) is 0 Å². The van der Waals surface area contributed by atoms with E-state index in [0.717, 1.165) is 0 Å². The number of hydrogen-bond acceptors (Lipinski definition) is 5. The normalized spacial score (nSPS) is 15.5. The van der Waals surface area contributed by atoms with Crippen molar-refractivity contribution in [3.63, 3.8) is 0 Å². The summed E-state index contributed by atoms with van der Waals surface area (Å²) in [6.45, 7) is 5.61. The highest BCUT2D eigenvalue weighted by molar-refractivity contribution is 7.89. The molecule has 0 atom stereocenters. The van der Waals surface area contributed by atoms with Gasteiger partial charge in [-0.3, -0.25) is 4.79 Å². The molecule has 1 aliphatic rings. The summed E-state index contributed by atoms with van der Waals surface area (Å²) in [5, 5.41) is 0. The van der Waals surface area contributed by atoms with Crippen LogP contribution in [0.5, 0.6) is 5.75 Å². The van der Waals surface area contributed by atoms with Crippen LogP contribution in [0.2, 0.25) is 0 Å². The molecule has 1 aliphatic heterocycles. The van der Waals surface area contributed by atoms with Crippen molar-refractivity contribution in [1.82, 2.24) is 4.31 Å². The number of carbonyl (C=O) groups excluding carboxylic acids is 1. The highest BCUT2D eigenvalue weighted by Crippen LogP contribution is 2.21. The van der Waals surface area contributed by atoms with Gasteiger partial charge in [0, 0.05) is 18.7 Å². The Hall–Kier alpha value is -2.22. The first-order valence-corrected chi connectivity index (χ1v) is 10.8. The van der Waals surface area contributed by atoms with Crippen LogP contribution in [0.3, 0.4) is 0 Å². The predicted molar refractivity (Wildman–Crippen MR) is 106 cm³/mol. The van der Waals surface area contributed by atoms with Crippen molar-refractivity contribution < 1.29 is 22.7 Å². The summed E-state index contributed by atoms with van der Waals surface area (Å²) in [5.74, 6) is 0.737. The molecular formula is C21H25NO5S. The number of nitrogens with zero attached hydrogens (tertiary/aromatic N) is 1. The minimum Gasteiger partial charge on any atom is -0.485 e. The highest BCUT2D eigenvalue weighted by atomic mass is 32.2. The van der Waals surface area contributed by atoms with Crippen molar-refractivity contribution in [1.29, 1.82) is 0 Å². The lowest BCUT2D eigenvalue weighted by atomic mass is 10.0. The lowest BCUT2D eigenvalue weighted by Gasteiger charge is -2.26. The third-order valence-electron chi connectivity index (χ3n) is 4.70. The SMILES string of the molecule is CC(C)c1ccc(C(=O)COc2ccc(S(=O)(=O)N3CCOCC3)cc2)cc1. The maximum Gasteiger partial charge on any atom is 0.243 e. The lowest BCUT2D eigenvalue weighted by Crippen LogP contribution is -2.40. The van der Waals surface area contributed by atoms with E-state index in [2.05, 4.69) is 13.8 Å². The minimum absolute atomic E-state index is 0.101. The first-order chi connectivity index (χ1) is 13.4. The second-order valence-corrected chi connectivity index (χ2v) is 8.91. The number of Topliss-reactive ketones (excluding diaryl/α,β-unsaturated/α-hetero) is 1. The maximum atomic E-state index is 12.6. The van der Waals surface area contributed by atoms with Gasteiger partial charge in [0.2, 0.25) is 10.0 Å². The molecule has 0 spiro atoms. The zero-order valence-corrected chi connectivity index (χ0v) is 16.9. The summed E-state index contributed by atoms with van der Waals surface area (Å²) in [6, 6.07) is 13.7. The van der Waals surface area contributed by atoms with Gasteiger partial charge < -0.3 is 9.47 Å². The fourth-order valence-electron chi connectivity index (χ4n) is 2.93.